The third kappa shape index (κ3) is 4.73. The van der Waals surface area contributed by atoms with Crippen molar-refractivity contribution in [3.8, 4) is 10.6 Å². The molecule has 0 aliphatic heterocycles. The van der Waals surface area contributed by atoms with Gasteiger partial charge in [-0.05, 0) is 55.0 Å². The van der Waals surface area contributed by atoms with E-state index in [1.165, 1.54) is 23.5 Å². The fraction of sp³-hybridized carbons (Fsp3) is 0.143. The van der Waals surface area contributed by atoms with Crippen LogP contribution in [0.5, 0.6) is 0 Å². The number of fused-ring (bicyclic) bond motifs is 1. The van der Waals surface area contributed by atoms with E-state index in [2.05, 4.69) is 15.3 Å². The lowest BCUT2D eigenvalue weighted by Gasteiger charge is -2.13. The van der Waals surface area contributed by atoms with E-state index in [1.54, 1.807) is 25.4 Å². The highest BCUT2D eigenvalue weighted by molar-refractivity contribution is 7.99. The van der Waals surface area contributed by atoms with Crippen LogP contribution in [-0.2, 0) is 0 Å². The third-order valence-corrected chi connectivity index (χ3v) is 6.52. The summed E-state index contributed by atoms with van der Waals surface area (Å²) >= 11 is 2.13. The molecule has 0 atom stereocenters. The molecule has 0 amide bonds. The van der Waals surface area contributed by atoms with Gasteiger partial charge in [0, 0.05) is 28.5 Å². The van der Waals surface area contributed by atoms with Crippen LogP contribution in [0.25, 0.3) is 20.8 Å². The van der Waals surface area contributed by atoms with Gasteiger partial charge in [0.05, 0.1) is 21.7 Å². The number of pyridine rings is 1. The summed E-state index contributed by atoms with van der Waals surface area (Å²) in [7, 11) is 0. The Kier molecular flexibility index (Phi) is 5.66. The summed E-state index contributed by atoms with van der Waals surface area (Å²) in [6.45, 7) is 1.59. The molecule has 0 radical (unpaired) electrons. The van der Waals surface area contributed by atoms with E-state index in [0.717, 1.165) is 20.8 Å². The van der Waals surface area contributed by atoms with Crippen molar-refractivity contribution in [2.45, 2.75) is 18.0 Å². The number of aromatic nitrogens is 2. The molecule has 0 saturated carbocycles. The first kappa shape index (κ1) is 20.6. The maximum atomic E-state index is 14.4. The van der Waals surface area contributed by atoms with E-state index in [1.807, 2.05) is 24.3 Å². The van der Waals surface area contributed by atoms with Crippen LogP contribution in [0.15, 0.2) is 59.8 Å². The smallest absolute Gasteiger partial charge is 0.353 e. The van der Waals surface area contributed by atoms with Crippen molar-refractivity contribution in [1.29, 1.82) is 0 Å². The number of aryl methyl sites for hydroxylation is 1. The molecule has 0 unspecified atom stereocenters. The maximum absolute atomic E-state index is 14.4. The highest BCUT2D eigenvalue weighted by atomic mass is 32.2. The molecule has 0 fully saturated rings. The molecule has 1 N–H and O–H groups in total. The van der Waals surface area contributed by atoms with E-state index >= 15 is 0 Å². The van der Waals surface area contributed by atoms with Crippen LogP contribution in [0, 0.1) is 12.7 Å². The van der Waals surface area contributed by atoms with Crippen molar-refractivity contribution >= 4 is 44.7 Å². The van der Waals surface area contributed by atoms with Gasteiger partial charge in [0.2, 0.25) is 0 Å². The molecular formula is C21H15F4N3S2. The van der Waals surface area contributed by atoms with Crippen LogP contribution in [0.4, 0.5) is 28.9 Å². The largest absolute Gasteiger partial charge is 0.398 e. The second-order valence-electron chi connectivity index (χ2n) is 6.57. The van der Waals surface area contributed by atoms with Gasteiger partial charge in [0.1, 0.15) is 10.8 Å². The lowest BCUT2D eigenvalue weighted by Crippen LogP contribution is -2.10. The zero-order valence-electron chi connectivity index (χ0n) is 15.6. The Labute approximate surface area is 178 Å². The number of thioether (sulfide) groups is 1. The highest BCUT2D eigenvalue weighted by Gasteiger charge is 2.27. The number of nitrogens with zero attached hydrogens (tertiary/aromatic N) is 2. The number of rotatable bonds is 5. The van der Waals surface area contributed by atoms with E-state index in [-0.39, 0.29) is 5.69 Å². The third-order valence-electron chi connectivity index (χ3n) is 4.23. The van der Waals surface area contributed by atoms with Crippen molar-refractivity contribution in [3.63, 3.8) is 0 Å². The number of halogens is 4. The number of hydrogen-bond donors (Lipinski definition) is 1. The summed E-state index contributed by atoms with van der Waals surface area (Å²) in [5.74, 6) is -1.55. The first-order valence-electron chi connectivity index (χ1n) is 8.86. The van der Waals surface area contributed by atoms with Gasteiger partial charge in [-0.2, -0.15) is 13.2 Å². The Morgan fingerprint density at radius 3 is 2.70 bits per heavy atom. The summed E-state index contributed by atoms with van der Waals surface area (Å²) in [6.07, 6.45) is -0.864. The Bertz CT molecular complexity index is 1190. The minimum absolute atomic E-state index is 0.127. The van der Waals surface area contributed by atoms with E-state index in [4.69, 9.17) is 0 Å². The Hall–Kier alpha value is -2.65. The topological polar surface area (TPSA) is 37.8 Å². The van der Waals surface area contributed by atoms with Gasteiger partial charge in [-0.15, -0.1) is 23.1 Å². The molecule has 0 aliphatic carbocycles. The number of nitrogens with one attached hydrogen (secondary N) is 1. The van der Waals surface area contributed by atoms with Crippen molar-refractivity contribution in [2.24, 2.45) is 0 Å². The molecule has 2 aromatic heterocycles. The minimum Gasteiger partial charge on any atom is -0.353 e. The fourth-order valence-electron chi connectivity index (χ4n) is 2.83. The number of hydrogen-bond acceptors (Lipinski definition) is 5. The standard InChI is InChI=1S/C21H15F4N3S2/c1-12-7-15(22)17(9-18(12)29-11-21(23,24)25)27-14-4-5-16-19(8-14)30-20(28-16)13-3-2-6-26-10-13/h2-10,27H,11H2,1H3. The number of benzene rings is 2. The van der Waals surface area contributed by atoms with Crippen LogP contribution in [0.2, 0.25) is 0 Å². The highest BCUT2D eigenvalue weighted by Crippen LogP contribution is 2.35. The summed E-state index contributed by atoms with van der Waals surface area (Å²) in [5.41, 5.74) is 2.92. The van der Waals surface area contributed by atoms with Gasteiger partial charge < -0.3 is 5.32 Å². The van der Waals surface area contributed by atoms with Crippen LogP contribution < -0.4 is 5.32 Å². The molecule has 0 saturated heterocycles. The van der Waals surface area contributed by atoms with Gasteiger partial charge in [-0.25, -0.2) is 9.37 Å². The monoisotopic (exact) mass is 449 g/mol. The normalized spacial score (nSPS) is 11.8. The van der Waals surface area contributed by atoms with Crippen LogP contribution >= 0.6 is 23.1 Å². The Morgan fingerprint density at radius 2 is 1.97 bits per heavy atom. The molecular weight excluding hydrogens is 434 g/mol. The molecule has 4 aromatic rings. The van der Waals surface area contributed by atoms with Crippen molar-refractivity contribution in [1.82, 2.24) is 9.97 Å². The van der Waals surface area contributed by atoms with Crippen LogP contribution in [-0.4, -0.2) is 21.9 Å². The number of anilines is 2. The van der Waals surface area contributed by atoms with Crippen molar-refractivity contribution in [3.05, 3.63) is 66.2 Å². The Morgan fingerprint density at radius 1 is 1.13 bits per heavy atom. The van der Waals surface area contributed by atoms with Gasteiger partial charge in [0.15, 0.2) is 0 Å². The molecule has 2 aromatic carbocycles. The van der Waals surface area contributed by atoms with Crippen LogP contribution in [0.3, 0.4) is 0 Å². The molecule has 9 heteroatoms. The molecule has 30 heavy (non-hydrogen) atoms. The maximum Gasteiger partial charge on any atom is 0.398 e. The predicted octanol–water partition coefficient (Wildman–Crippen LogP) is 7.20. The quantitative estimate of drug-likeness (QED) is 0.258. The summed E-state index contributed by atoms with van der Waals surface area (Å²) in [5, 5.41) is 3.80. The lowest BCUT2D eigenvalue weighted by atomic mass is 10.2. The molecule has 0 aliphatic rings. The number of alkyl halides is 3. The lowest BCUT2D eigenvalue weighted by molar-refractivity contribution is -0.105. The summed E-state index contributed by atoms with van der Waals surface area (Å²) in [6, 6.07) is 11.8. The summed E-state index contributed by atoms with van der Waals surface area (Å²) in [4.78, 5) is 9.07. The van der Waals surface area contributed by atoms with Gasteiger partial charge in [0.25, 0.3) is 0 Å². The average molecular weight is 449 g/mol. The molecule has 0 bridgehead atoms. The van der Waals surface area contributed by atoms with Gasteiger partial charge in [-0.3, -0.25) is 4.98 Å². The second kappa shape index (κ2) is 8.23. The number of thiazole rings is 1. The zero-order valence-corrected chi connectivity index (χ0v) is 17.3. The van der Waals surface area contributed by atoms with Crippen molar-refractivity contribution in [2.75, 3.05) is 11.1 Å². The zero-order chi connectivity index (χ0) is 21.3. The second-order valence-corrected chi connectivity index (χ2v) is 8.62. The molecule has 0 spiro atoms. The van der Waals surface area contributed by atoms with Gasteiger partial charge >= 0.3 is 6.18 Å². The fourth-order valence-corrected chi connectivity index (χ4v) is 4.64. The molecule has 154 valence electrons. The van der Waals surface area contributed by atoms with E-state index in [9.17, 15) is 17.6 Å². The first-order chi connectivity index (χ1) is 14.3. The Balaban J connectivity index is 1.60. The van der Waals surface area contributed by atoms with E-state index < -0.39 is 17.7 Å². The summed E-state index contributed by atoms with van der Waals surface area (Å²) < 4.78 is 53.0. The van der Waals surface area contributed by atoms with Crippen molar-refractivity contribution < 1.29 is 17.6 Å². The molecule has 2 heterocycles. The predicted molar refractivity (Wildman–Crippen MR) is 114 cm³/mol. The van der Waals surface area contributed by atoms with Gasteiger partial charge in [-0.1, -0.05) is 0 Å². The van der Waals surface area contributed by atoms with Crippen LogP contribution in [0.1, 0.15) is 5.56 Å². The molecule has 4 rings (SSSR count). The average Bonchev–Trinajstić information content (AvgIpc) is 3.12. The minimum atomic E-state index is -4.29. The molecule has 3 nitrogen and oxygen atoms in total. The SMILES string of the molecule is Cc1cc(F)c(Nc2ccc3nc(-c4cccnc4)sc3c2)cc1SCC(F)(F)F. The van der Waals surface area contributed by atoms with E-state index in [0.29, 0.717) is 27.9 Å². The first-order valence-corrected chi connectivity index (χ1v) is 10.7.